The summed E-state index contributed by atoms with van der Waals surface area (Å²) in [7, 11) is 1.38. The molecule has 1 aliphatic heterocycles. The van der Waals surface area contributed by atoms with Gasteiger partial charge in [-0.3, -0.25) is 4.79 Å². The number of nitrogens with zero attached hydrogens (tertiary/aromatic N) is 3. The summed E-state index contributed by atoms with van der Waals surface area (Å²) >= 11 is 0. The highest BCUT2D eigenvalue weighted by atomic mass is 16.5. The summed E-state index contributed by atoms with van der Waals surface area (Å²) in [4.78, 5) is 23.1. The van der Waals surface area contributed by atoms with Gasteiger partial charge in [-0.1, -0.05) is 36.4 Å². The molecule has 1 fully saturated rings. The van der Waals surface area contributed by atoms with Crippen molar-refractivity contribution < 1.29 is 9.53 Å². The average molecular weight is 376 g/mol. The van der Waals surface area contributed by atoms with Crippen LogP contribution in [-0.2, 0) is 9.53 Å². The third kappa shape index (κ3) is 3.68. The van der Waals surface area contributed by atoms with Crippen LogP contribution in [0.2, 0.25) is 0 Å². The van der Waals surface area contributed by atoms with Gasteiger partial charge in [-0.05, 0) is 41.7 Å². The topological polar surface area (TPSA) is 81.3 Å². The maximum Gasteiger partial charge on any atom is 0.322 e. The zero-order valence-corrected chi connectivity index (χ0v) is 15.9. The number of rotatable bonds is 4. The summed E-state index contributed by atoms with van der Waals surface area (Å²) in [5.41, 5.74) is 7.99. The summed E-state index contributed by atoms with van der Waals surface area (Å²) in [6, 6.07) is 16.0. The van der Waals surface area contributed by atoms with Crippen LogP contribution >= 0.6 is 0 Å². The highest BCUT2D eigenvalue weighted by Gasteiger charge is 2.30. The van der Waals surface area contributed by atoms with E-state index in [2.05, 4.69) is 40.2 Å². The van der Waals surface area contributed by atoms with Gasteiger partial charge in [0.25, 0.3) is 0 Å². The molecule has 2 N–H and O–H groups in total. The van der Waals surface area contributed by atoms with Crippen LogP contribution in [0.5, 0.6) is 0 Å². The zero-order valence-electron chi connectivity index (χ0n) is 15.9. The van der Waals surface area contributed by atoms with Gasteiger partial charge < -0.3 is 15.4 Å². The van der Waals surface area contributed by atoms with Gasteiger partial charge in [-0.2, -0.15) is 0 Å². The Morgan fingerprint density at radius 1 is 1.14 bits per heavy atom. The van der Waals surface area contributed by atoms with Crippen LogP contribution in [-0.4, -0.2) is 42.2 Å². The maximum atomic E-state index is 11.7. The first-order valence-corrected chi connectivity index (χ1v) is 9.56. The molecule has 1 atom stereocenters. The lowest BCUT2D eigenvalue weighted by molar-refractivity contribution is -0.143. The van der Waals surface area contributed by atoms with Crippen molar-refractivity contribution in [1.82, 2.24) is 9.97 Å². The fourth-order valence-electron chi connectivity index (χ4n) is 3.80. The molecular formula is C22H24N4O2. The number of esters is 1. The van der Waals surface area contributed by atoms with Gasteiger partial charge in [0, 0.05) is 24.8 Å². The number of hydrogen-bond acceptors (Lipinski definition) is 6. The molecule has 0 radical (unpaired) electrons. The first kappa shape index (κ1) is 18.4. The predicted octanol–water partition coefficient (Wildman–Crippen LogP) is 3.01. The van der Waals surface area contributed by atoms with Gasteiger partial charge in [-0.15, -0.1) is 0 Å². The summed E-state index contributed by atoms with van der Waals surface area (Å²) < 4.78 is 4.77. The van der Waals surface area contributed by atoms with E-state index in [0.717, 1.165) is 43.1 Å². The molecular weight excluding hydrogens is 352 g/mol. The van der Waals surface area contributed by atoms with Gasteiger partial charge in [0.1, 0.15) is 6.04 Å². The molecule has 144 valence electrons. The molecule has 0 saturated carbocycles. The number of nitrogens with two attached hydrogens (primary N) is 1. The second-order valence-corrected chi connectivity index (χ2v) is 7.18. The Morgan fingerprint density at radius 3 is 2.64 bits per heavy atom. The van der Waals surface area contributed by atoms with E-state index in [1.807, 2.05) is 18.2 Å². The second kappa shape index (κ2) is 7.94. The standard InChI is InChI=1S/C22H24N4O2/c1-28-21(27)20(23)16-9-12-26(13-10-16)22-24-11-8-19(25-22)18-7-6-15-4-2-3-5-17(15)14-18/h2-8,11,14,16,20H,9-10,12-13,23H2,1H3/t20-/m1/s1. The molecule has 0 spiro atoms. The fraction of sp³-hybridized carbons (Fsp3) is 0.318. The molecule has 28 heavy (non-hydrogen) atoms. The van der Waals surface area contributed by atoms with E-state index in [4.69, 9.17) is 15.5 Å². The second-order valence-electron chi connectivity index (χ2n) is 7.18. The van der Waals surface area contributed by atoms with Gasteiger partial charge >= 0.3 is 5.97 Å². The van der Waals surface area contributed by atoms with Crippen molar-refractivity contribution in [2.75, 3.05) is 25.1 Å². The van der Waals surface area contributed by atoms with E-state index in [1.165, 1.54) is 17.9 Å². The van der Waals surface area contributed by atoms with Crippen LogP contribution in [0.3, 0.4) is 0 Å². The van der Waals surface area contributed by atoms with Gasteiger partial charge in [0.15, 0.2) is 0 Å². The number of carbonyl (C=O) groups excluding carboxylic acids is 1. The van der Waals surface area contributed by atoms with Crippen molar-refractivity contribution in [1.29, 1.82) is 0 Å². The summed E-state index contributed by atoms with van der Waals surface area (Å²) in [5.74, 6) is 0.510. The number of carbonyl (C=O) groups is 1. The highest BCUT2D eigenvalue weighted by Crippen LogP contribution is 2.26. The van der Waals surface area contributed by atoms with Crippen LogP contribution in [0, 0.1) is 5.92 Å². The van der Waals surface area contributed by atoms with Crippen molar-refractivity contribution in [3.8, 4) is 11.3 Å². The Bertz CT molecular complexity index is 983. The molecule has 2 heterocycles. The number of hydrogen-bond donors (Lipinski definition) is 1. The fourth-order valence-corrected chi connectivity index (χ4v) is 3.80. The summed E-state index contributed by atoms with van der Waals surface area (Å²) in [6.07, 6.45) is 3.44. The molecule has 0 amide bonds. The van der Waals surface area contributed by atoms with Gasteiger partial charge in [0.05, 0.1) is 12.8 Å². The van der Waals surface area contributed by atoms with Crippen LogP contribution in [0.1, 0.15) is 12.8 Å². The Kier molecular flexibility index (Phi) is 5.21. The number of benzene rings is 2. The molecule has 3 aromatic rings. The molecule has 1 saturated heterocycles. The smallest absolute Gasteiger partial charge is 0.322 e. The number of aromatic nitrogens is 2. The van der Waals surface area contributed by atoms with E-state index in [0.29, 0.717) is 0 Å². The Labute approximate surface area is 164 Å². The quantitative estimate of drug-likeness (QED) is 0.705. The molecule has 1 aromatic heterocycles. The van der Waals surface area contributed by atoms with Crippen molar-refractivity contribution in [3.63, 3.8) is 0 Å². The normalized spacial score (nSPS) is 16.1. The van der Waals surface area contributed by atoms with Crippen LogP contribution in [0.25, 0.3) is 22.0 Å². The van der Waals surface area contributed by atoms with Crippen molar-refractivity contribution in [2.24, 2.45) is 11.7 Å². The van der Waals surface area contributed by atoms with Crippen LogP contribution in [0.4, 0.5) is 5.95 Å². The Morgan fingerprint density at radius 2 is 1.89 bits per heavy atom. The lowest BCUT2D eigenvalue weighted by atomic mass is 9.90. The minimum atomic E-state index is -0.558. The molecule has 0 aliphatic carbocycles. The third-order valence-corrected chi connectivity index (χ3v) is 5.49. The lowest BCUT2D eigenvalue weighted by Gasteiger charge is -2.33. The van der Waals surface area contributed by atoms with Crippen LogP contribution in [0.15, 0.2) is 54.7 Å². The molecule has 0 unspecified atom stereocenters. The van der Waals surface area contributed by atoms with E-state index in [9.17, 15) is 4.79 Å². The maximum absolute atomic E-state index is 11.7. The number of methoxy groups -OCH3 is 1. The first-order chi connectivity index (χ1) is 13.7. The summed E-state index contributed by atoms with van der Waals surface area (Å²) in [6.45, 7) is 1.55. The molecule has 2 aromatic carbocycles. The van der Waals surface area contributed by atoms with Gasteiger partial charge in [-0.25, -0.2) is 9.97 Å². The van der Waals surface area contributed by atoms with E-state index in [-0.39, 0.29) is 11.9 Å². The van der Waals surface area contributed by atoms with E-state index >= 15 is 0 Å². The van der Waals surface area contributed by atoms with Crippen molar-refractivity contribution in [3.05, 3.63) is 54.7 Å². The Hall–Kier alpha value is -2.99. The third-order valence-electron chi connectivity index (χ3n) is 5.49. The Balaban J connectivity index is 1.50. The molecule has 6 nitrogen and oxygen atoms in total. The van der Waals surface area contributed by atoms with Crippen molar-refractivity contribution >= 4 is 22.7 Å². The largest absolute Gasteiger partial charge is 0.468 e. The van der Waals surface area contributed by atoms with Gasteiger partial charge in [0.2, 0.25) is 5.95 Å². The average Bonchev–Trinajstić information content (AvgIpc) is 2.78. The predicted molar refractivity (Wildman–Crippen MR) is 110 cm³/mol. The highest BCUT2D eigenvalue weighted by molar-refractivity contribution is 5.86. The van der Waals surface area contributed by atoms with E-state index < -0.39 is 6.04 Å². The number of anilines is 1. The lowest BCUT2D eigenvalue weighted by Crippen LogP contribution is -2.45. The minimum absolute atomic E-state index is 0.132. The molecule has 4 rings (SSSR count). The first-order valence-electron chi connectivity index (χ1n) is 9.56. The number of piperidine rings is 1. The number of fused-ring (bicyclic) bond motifs is 1. The summed E-state index contributed by atoms with van der Waals surface area (Å²) in [5, 5.41) is 2.40. The SMILES string of the molecule is COC(=O)[C@H](N)C1CCN(c2nccc(-c3ccc4ccccc4c3)n2)CC1. The molecule has 0 bridgehead atoms. The molecule has 1 aliphatic rings. The number of ether oxygens (including phenoxy) is 1. The monoisotopic (exact) mass is 376 g/mol. The molecule has 6 heteroatoms. The van der Waals surface area contributed by atoms with E-state index in [1.54, 1.807) is 6.20 Å². The van der Waals surface area contributed by atoms with Crippen LogP contribution < -0.4 is 10.6 Å². The minimum Gasteiger partial charge on any atom is -0.468 e. The van der Waals surface area contributed by atoms with Crippen molar-refractivity contribution in [2.45, 2.75) is 18.9 Å². The zero-order chi connectivity index (χ0) is 19.5.